The highest BCUT2D eigenvalue weighted by atomic mass is 32.1. The van der Waals surface area contributed by atoms with Crippen molar-refractivity contribution in [2.45, 2.75) is 64.3 Å². The van der Waals surface area contributed by atoms with Gasteiger partial charge in [0.25, 0.3) is 5.91 Å². The van der Waals surface area contributed by atoms with E-state index in [0.717, 1.165) is 55.0 Å². The van der Waals surface area contributed by atoms with Crippen molar-refractivity contribution in [2.75, 3.05) is 13.1 Å². The monoisotopic (exact) mass is 443 g/mol. The van der Waals surface area contributed by atoms with Crippen LogP contribution >= 0.6 is 11.3 Å². The molecule has 1 saturated heterocycles. The second kappa shape index (κ2) is 9.90. The molecule has 2 amide bonds. The van der Waals surface area contributed by atoms with Gasteiger partial charge in [-0.15, -0.1) is 11.3 Å². The van der Waals surface area contributed by atoms with Gasteiger partial charge >= 0.3 is 0 Å². The summed E-state index contributed by atoms with van der Waals surface area (Å²) >= 11 is 1.40. The maximum Gasteiger partial charge on any atom is 0.263 e. The lowest BCUT2D eigenvalue weighted by Gasteiger charge is -2.35. The highest BCUT2D eigenvalue weighted by Crippen LogP contribution is 2.27. The van der Waals surface area contributed by atoms with Crippen LogP contribution in [0.1, 0.15) is 70.9 Å². The number of aryl methyl sites for hydroxylation is 1. The van der Waals surface area contributed by atoms with Crippen LogP contribution in [0.5, 0.6) is 0 Å². The van der Waals surface area contributed by atoms with E-state index in [1.165, 1.54) is 42.7 Å². The number of carbonyl (C=O) groups excluding carboxylic acids is 2. The van der Waals surface area contributed by atoms with Gasteiger partial charge in [0, 0.05) is 31.5 Å². The standard InChI is InChI=1S/C24H30FN3O2S/c1-16-22(31-21(26-16)15-17-7-9-19(25)10-8-17)23(29)27-20-11-13-28(14-12-20)24(30)18-5-3-2-4-6-18/h7-10,18,20H,2-6,11-15H2,1H3,(H,27,29). The van der Waals surface area contributed by atoms with Crippen molar-refractivity contribution in [2.24, 2.45) is 5.92 Å². The molecule has 0 unspecified atom stereocenters. The van der Waals surface area contributed by atoms with Crippen LogP contribution in [-0.2, 0) is 11.2 Å². The second-order valence-corrected chi connectivity index (χ2v) is 9.82. The number of carbonyl (C=O) groups is 2. The number of aromatic nitrogens is 1. The van der Waals surface area contributed by atoms with Crippen LogP contribution in [0.15, 0.2) is 24.3 Å². The third-order valence-corrected chi connectivity index (χ3v) is 7.57. The summed E-state index contributed by atoms with van der Waals surface area (Å²) in [5, 5.41) is 3.99. The first-order chi connectivity index (χ1) is 15.0. The molecule has 2 heterocycles. The third kappa shape index (κ3) is 5.50. The Kier molecular flexibility index (Phi) is 7.00. The van der Waals surface area contributed by atoms with Crippen LogP contribution in [0.25, 0.3) is 0 Å². The summed E-state index contributed by atoms with van der Waals surface area (Å²) in [5.74, 6) is 0.176. The summed E-state index contributed by atoms with van der Waals surface area (Å²) in [7, 11) is 0. The first-order valence-corrected chi connectivity index (χ1v) is 12.1. The zero-order chi connectivity index (χ0) is 21.8. The minimum Gasteiger partial charge on any atom is -0.348 e. The molecule has 4 rings (SSSR count). The van der Waals surface area contributed by atoms with E-state index in [0.29, 0.717) is 17.2 Å². The number of nitrogens with zero attached hydrogens (tertiary/aromatic N) is 2. The number of hydrogen-bond donors (Lipinski definition) is 1. The van der Waals surface area contributed by atoms with Gasteiger partial charge in [-0.3, -0.25) is 9.59 Å². The lowest BCUT2D eigenvalue weighted by molar-refractivity contribution is -0.137. The summed E-state index contributed by atoms with van der Waals surface area (Å²) in [5.41, 5.74) is 1.70. The SMILES string of the molecule is Cc1nc(Cc2ccc(F)cc2)sc1C(=O)NC1CCN(C(=O)C2CCCCC2)CC1. The Bertz CT molecular complexity index is 913. The van der Waals surface area contributed by atoms with Crippen molar-refractivity contribution in [3.63, 3.8) is 0 Å². The number of hydrogen-bond acceptors (Lipinski definition) is 4. The molecular formula is C24H30FN3O2S. The molecule has 1 aliphatic heterocycles. The first kappa shape index (κ1) is 21.9. The number of benzene rings is 1. The van der Waals surface area contributed by atoms with Crippen molar-refractivity contribution in [1.29, 1.82) is 0 Å². The Morgan fingerprint density at radius 2 is 1.77 bits per heavy atom. The van der Waals surface area contributed by atoms with Gasteiger partial charge in [0.05, 0.1) is 10.7 Å². The number of nitrogens with one attached hydrogen (secondary N) is 1. The highest BCUT2D eigenvalue weighted by Gasteiger charge is 2.30. The minimum atomic E-state index is -0.259. The van der Waals surface area contributed by atoms with Gasteiger partial charge in [0.2, 0.25) is 5.91 Å². The van der Waals surface area contributed by atoms with Gasteiger partial charge in [-0.1, -0.05) is 31.4 Å². The zero-order valence-corrected chi connectivity index (χ0v) is 18.8. The van der Waals surface area contributed by atoms with Crippen LogP contribution in [0, 0.1) is 18.7 Å². The van der Waals surface area contributed by atoms with Crippen LogP contribution in [0.4, 0.5) is 4.39 Å². The van der Waals surface area contributed by atoms with Crippen molar-refractivity contribution < 1.29 is 14.0 Å². The van der Waals surface area contributed by atoms with Crippen LogP contribution in [0.3, 0.4) is 0 Å². The summed E-state index contributed by atoms with van der Waals surface area (Å²) in [4.78, 5) is 32.7. The average molecular weight is 444 g/mol. The summed E-state index contributed by atoms with van der Waals surface area (Å²) in [6.45, 7) is 3.29. The number of halogens is 1. The number of rotatable bonds is 5. The average Bonchev–Trinajstić information content (AvgIpc) is 3.16. The molecular weight excluding hydrogens is 413 g/mol. The van der Waals surface area contributed by atoms with E-state index >= 15 is 0 Å². The van der Waals surface area contributed by atoms with E-state index in [2.05, 4.69) is 10.3 Å². The molecule has 2 aromatic rings. The van der Waals surface area contributed by atoms with E-state index in [1.54, 1.807) is 12.1 Å². The molecule has 2 aliphatic rings. The molecule has 1 aromatic carbocycles. The lowest BCUT2D eigenvalue weighted by Crippen LogP contribution is -2.48. The van der Waals surface area contributed by atoms with Gasteiger partial charge in [0.15, 0.2) is 0 Å². The molecule has 1 aliphatic carbocycles. The van der Waals surface area contributed by atoms with E-state index < -0.39 is 0 Å². The van der Waals surface area contributed by atoms with E-state index in [9.17, 15) is 14.0 Å². The molecule has 1 saturated carbocycles. The van der Waals surface area contributed by atoms with Crippen LogP contribution < -0.4 is 5.32 Å². The Morgan fingerprint density at radius 3 is 2.45 bits per heavy atom. The molecule has 1 aromatic heterocycles. The summed E-state index contributed by atoms with van der Waals surface area (Å²) < 4.78 is 13.1. The van der Waals surface area contributed by atoms with E-state index in [4.69, 9.17) is 0 Å². The Hall–Kier alpha value is -2.28. The molecule has 166 valence electrons. The van der Waals surface area contributed by atoms with E-state index in [-0.39, 0.29) is 23.7 Å². The van der Waals surface area contributed by atoms with Gasteiger partial charge in [0.1, 0.15) is 10.7 Å². The molecule has 0 atom stereocenters. The molecule has 1 N–H and O–H groups in total. The first-order valence-electron chi connectivity index (χ1n) is 11.3. The molecule has 7 heteroatoms. The van der Waals surface area contributed by atoms with Crippen LogP contribution in [-0.4, -0.2) is 40.8 Å². The maximum atomic E-state index is 13.1. The van der Waals surface area contributed by atoms with Crippen LogP contribution in [0.2, 0.25) is 0 Å². The smallest absolute Gasteiger partial charge is 0.263 e. The molecule has 31 heavy (non-hydrogen) atoms. The van der Waals surface area contributed by atoms with Crippen molar-refractivity contribution in [3.05, 3.63) is 51.2 Å². The van der Waals surface area contributed by atoms with E-state index in [1.807, 2.05) is 11.8 Å². The Morgan fingerprint density at radius 1 is 1.10 bits per heavy atom. The minimum absolute atomic E-state index is 0.0857. The Labute approximate surface area is 187 Å². The van der Waals surface area contributed by atoms with Gasteiger partial charge in [-0.2, -0.15) is 0 Å². The van der Waals surface area contributed by atoms with Crippen molar-refractivity contribution >= 4 is 23.2 Å². The molecule has 0 radical (unpaired) electrons. The number of thiazole rings is 1. The van der Waals surface area contributed by atoms with Crippen molar-refractivity contribution in [1.82, 2.24) is 15.2 Å². The summed E-state index contributed by atoms with van der Waals surface area (Å²) in [6, 6.07) is 6.45. The molecule has 5 nitrogen and oxygen atoms in total. The topological polar surface area (TPSA) is 62.3 Å². The fraction of sp³-hybridized carbons (Fsp3) is 0.542. The predicted molar refractivity (Wildman–Crippen MR) is 120 cm³/mol. The number of piperidine rings is 1. The Balaban J connectivity index is 1.29. The predicted octanol–water partition coefficient (Wildman–Crippen LogP) is 4.48. The quantitative estimate of drug-likeness (QED) is 0.741. The molecule has 0 spiro atoms. The zero-order valence-electron chi connectivity index (χ0n) is 18.0. The van der Waals surface area contributed by atoms with Gasteiger partial charge < -0.3 is 10.2 Å². The molecule has 2 fully saturated rings. The van der Waals surface area contributed by atoms with Crippen molar-refractivity contribution in [3.8, 4) is 0 Å². The van der Waals surface area contributed by atoms with Gasteiger partial charge in [-0.25, -0.2) is 9.37 Å². The highest BCUT2D eigenvalue weighted by molar-refractivity contribution is 7.13. The third-order valence-electron chi connectivity index (χ3n) is 6.41. The largest absolute Gasteiger partial charge is 0.348 e. The lowest BCUT2D eigenvalue weighted by atomic mass is 9.87. The fourth-order valence-electron chi connectivity index (χ4n) is 4.62. The van der Waals surface area contributed by atoms with Gasteiger partial charge in [-0.05, 0) is 50.3 Å². The normalized spacial score (nSPS) is 18.2. The number of likely N-dealkylation sites (tertiary alicyclic amines) is 1. The second-order valence-electron chi connectivity index (χ2n) is 8.73. The summed E-state index contributed by atoms with van der Waals surface area (Å²) in [6.07, 6.45) is 7.82. The maximum absolute atomic E-state index is 13.1. The fourth-order valence-corrected chi connectivity index (χ4v) is 5.62. The molecule has 0 bridgehead atoms. The number of amides is 2.